The molecule has 2 fully saturated rings. The van der Waals surface area contributed by atoms with E-state index in [2.05, 4.69) is 0 Å². The largest absolute Gasteiger partial charge is 0.342 e. The molecule has 2 aliphatic heterocycles. The second-order valence-electron chi connectivity index (χ2n) is 6.49. The SMILES string of the molecule is O=C(c1cccc(Cl)c1)N1CCC[C@H](C(=O)N2CCCCC2)C1. The summed E-state index contributed by atoms with van der Waals surface area (Å²) in [6.45, 7) is 2.99. The molecule has 0 aromatic heterocycles. The van der Waals surface area contributed by atoms with Gasteiger partial charge < -0.3 is 9.80 Å². The van der Waals surface area contributed by atoms with Crippen molar-refractivity contribution in [1.29, 1.82) is 0 Å². The maximum atomic E-state index is 12.7. The molecule has 0 N–H and O–H groups in total. The van der Waals surface area contributed by atoms with Gasteiger partial charge in [0.15, 0.2) is 0 Å². The summed E-state index contributed by atoms with van der Waals surface area (Å²) in [5, 5.41) is 0.564. The molecular formula is C18H23ClN2O2. The summed E-state index contributed by atoms with van der Waals surface area (Å²) in [6, 6.07) is 7.03. The van der Waals surface area contributed by atoms with Crippen molar-refractivity contribution in [2.45, 2.75) is 32.1 Å². The molecule has 0 bridgehead atoms. The predicted molar refractivity (Wildman–Crippen MR) is 90.5 cm³/mol. The highest BCUT2D eigenvalue weighted by Gasteiger charge is 2.32. The first-order chi connectivity index (χ1) is 11.1. The molecule has 1 aromatic rings. The molecule has 5 heteroatoms. The number of hydrogen-bond donors (Lipinski definition) is 0. The third-order valence-electron chi connectivity index (χ3n) is 4.80. The van der Waals surface area contributed by atoms with Crippen molar-refractivity contribution in [2.75, 3.05) is 26.2 Å². The molecule has 2 aliphatic rings. The van der Waals surface area contributed by atoms with E-state index in [1.54, 1.807) is 24.3 Å². The minimum absolute atomic E-state index is 0.0244. The van der Waals surface area contributed by atoms with E-state index in [9.17, 15) is 9.59 Å². The normalized spacial score (nSPS) is 22.0. The maximum absolute atomic E-state index is 12.7. The number of piperidine rings is 2. The lowest BCUT2D eigenvalue weighted by atomic mass is 9.95. The highest BCUT2D eigenvalue weighted by atomic mass is 35.5. The highest BCUT2D eigenvalue weighted by Crippen LogP contribution is 2.23. The van der Waals surface area contributed by atoms with Crippen molar-refractivity contribution in [1.82, 2.24) is 9.80 Å². The molecule has 0 spiro atoms. The van der Waals surface area contributed by atoms with Crippen LogP contribution in [-0.2, 0) is 4.79 Å². The summed E-state index contributed by atoms with van der Waals surface area (Å²) in [5.74, 6) is 0.155. The average molecular weight is 335 g/mol. The molecule has 0 aliphatic carbocycles. The summed E-state index contributed by atoms with van der Waals surface area (Å²) >= 11 is 5.98. The second-order valence-corrected chi connectivity index (χ2v) is 6.92. The molecule has 0 unspecified atom stereocenters. The van der Waals surface area contributed by atoms with Crippen LogP contribution in [0.25, 0.3) is 0 Å². The van der Waals surface area contributed by atoms with Crippen LogP contribution >= 0.6 is 11.6 Å². The Balaban J connectivity index is 1.65. The Bertz CT molecular complexity index is 584. The molecule has 2 heterocycles. The summed E-state index contributed by atoms with van der Waals surface area (Å²) in [7, 11) is 0. The molecule has 2 amide bonds. The van der Waals surface area contributed by atoms with Gasteiger partial charge in [0.05, 0.1) is 5.92 Å². The van der Waals surface area contributed by atoms with Gasteiger partial charge in [0.2, 0.25) is 5.91 Å². The number of carbonyl (C=O) groups excluding carboxylic acids is 2. The van der Waals surface area contributed by atoms with Crippen LogP contribution in [0, 0.1) is 5.92 Å². The van der Waals surface area contributed by atoms with E-state index in [4.69, 9.17) is 11.6 Å². The summed E-state index contributed by atoms with van der Waals surface area (Å²) in [6.07, 6.45) is 5.19. The van der Waals surface area contributed by atoms with Crippen LogP contribution < -0.4 is 0 Å². The summed E-state index contributed by atoms with van der Waals surface area (Å²) in [4.78, 5) is 29.1. The van der Waals surface area contributed by atoms with E-state index in [1.807, 2.05) is 9.80 Å². The Morgan fingerprint density at radius 1 is 1.00 bits per heavy atom. The van der Waals surface area contributed by atoms with Gasteiger partial charge in [0.25, 0.3) is 5.91 Å². The van der Waals surface area contributed by atoms with Gasteiger partial charge in [-0.15, -0.1) is 0 Å². The zero-order valence-electron chi connectivity index (χ0n) is 13.3. The molecule has 4 nitrogen and oxygen atoms in total. The van der Waals surface area contributed by atoms with Crippen LogP contribution in [0.4, 0.5) is 0 Å². The van der Waals surface area contributed by atoms with Crippen LogP contribution in [0.15, 0.2) is 24.3 Å². The van der Waals surface area contributed by atoms with Gasteiger partial charge in [-0.2, -0.15) is 0 Å². The van der Waals surface area contributed by atoms with Crippen LogP contribution in [0.2, 0.25) is 5.02 Å². The molecule has 1 atom stereocenters. The van der Waals surface area contributed by atoms with E-state index in [0.29, 0.717) is 17.1 Å². The van der Waals surface area contributed by atoms with E-state index in [1.165, 1.54) is 6.42 Å². The Kier molecular flexibility index (Phi) is 5.21. The first-order valence-corrected chi connectivity index (χ1v) is 8.86. The molecular weight excluding hydrogens is 312 g/mol. The summed E-state index contributed by atoms with van der Waals surface area (Å²) in [5.41, 5.74) is 0.601. The smallest absolute Gasteiger partial charge is 0.253 e. The molecule has 3 rings (SSSR count). The Hall–Kier alpha value is -1.55. The monoisotopic (exact) mass is 334 g/mol. The quantitative estimate of drug-likeness (QED) is 0.833. The Morgan fingerprint density at radius 3 is 2.48 bits per heavy atom. The van der Waals surface area contributed by atoms with E-state index in [-0.39, 0.29) is 17.7 Å². The number of carbonyl (C=O) groups is 2. The number of likely N-dealkylation sites (tertiary alicyclic amines) is 2. The minimum atomic E-state index is -0.0509. The van der Waals surface area contributed by atoms with Gasteiger partial charge in [-0.3, -0.25) is 9.59 Å². The van der Waals surface area contributed by atoms with Crippen LogP contribution in [0.5, 0.6) is 0 Å². The lowest BCUT2D eigenvalue weighted by Gasteiger charge is -2.36. The second kappa shape index (κ2) is 7.35. The first kappa shape index (κ1) is 16.3. The lowest BCUT2D eigenvalue weighted by Crippen LogP contribution is -2.47. The molecule has 23 heavy (non-hydrogen) atoms. The van der Waals surface area contributed by atoms with Gasteiger partial charge >= 0.3 is 0 Å². The van der Waals surface area contributed by atoms with Crippen molar-refractivity contribution in [2.24, 2.45) is 5.92 Å². The fraction of sp³-hybridized carbons (Fsp3) is 0.556. The molecule has 0 saturated carbocycles. The minimum Gasteiger partial charge on any atom is -0.342 e. The van der Waals surface area contributed by atoms with E-state index < -0.39 is 0 Å². The Labute approximate surface area is 142 Å². The fourth-order valence-corrected chi connectivity index (χ4v) is 3.73. The number of benzene rings is 1. The number of hydrogen-bond acceptors (Lipinski definition) is 2. The fourth-order valence-electron chi connectivity index (χ4n) is 3.54. The standard InChI is InChI=1S/C18H23ClN2O2/c19-16-8-4-6-14(12-16)17(22)21-11-5-7-15(13-21)18(23)20-9-2-1-3-10-20/h4,6,8,12,15H,1-3,5,7,9-11,13H2/t15-/m0/s1. The molecule has 1 aromatic carbocycles. The van der Waals surface area contributed by atoms with Crippen molar-refractivity contribution < 1.29 is 9.59 Å². The molecule has 124 valence electrons. The van der Waals surface area contributed by atoms with Gasteiger partial charge in [-0.1, -0.05) is 17.7 Å². The number of nitrogens with zero attached hydrogens (tertiary/aromatic N) is 2. The molecule has 2 saturated heterocycles. The van der Waals surface area contributed by atoms with Crippen LogP contribution in [-0.4, -0.2) is 47.8 Å². The van der Waals surface area contributed by atoms with Crippen molar-refractivity contribution in [3.63, 3.8) is 0 Å². The topological polar surface area (TPSA) is 40.6 Å². The van der Waals surface area contributed by atoms with E-state index >= 15 is 0 Å². The summed E-state index contributed by atoms with van der Waals surface area (Å²) < 4.78 is 0. The van der Waals surface area contributed by atoms with Crippen LogP contribution in [0.1, 0.15) is 42.5 Å². The van der Waals surface area contributed by atoms with Crippen molar-refractivity contribution >= 4 is 23.4 Å². The third-order valence-corrected chi connectivity index (χ3v) is 5.03. The van der Waals surface area contributed by atoms with Crippen LogP contribution in [0.3, 0.4) is 0 Å². The number of halogens is 1. The lowest BCUT2D eigenvalue weighted by molar-refractivity contribution is -0.137. The van der Waals surface area contributed by atoms with E-state index in [0.717, 1.165) is 45.3 Å². The van der Waals surface area contributed by atoms with Crippen molar-refractivity contribution in [3.05, 3.63) is 34.9 Å². The van der Waals surface area contributed by atoms with Gasteiger partial charge in [-0.25, -0.2) is 0 Å². The van der Waals surface area contributed by atoms with Gasteiger partial charge in [0.1, 0.15) is 0 Å². The zero-order chi connectivity index (χ0) is 16.2. The predicted octanol–water partition coefficient (Wildman–Crippen LogP) is 3.20. The van der Waals surface area contributed by atoms with Gasteiger partial charge in [-0.05, 0) is 50.3 Å². The number of rotatable bonds is 2. The number of amides is 2. The highest BCUT2D eigenvalue weighted by molar-refractivity contribution is 6.30. The van der Waals surface area contributed by atoms with Gasteiger partial charge in [0, 0.05) is 36.8 Å². The maximum Gasteiger partial charge on any atom is 0.253 e. The third kappa shape index (κ3) is 3.86. The first-order valence-electron chi connectivity index (χ1n) is 8.49. The average Bonchev–Trinajstić information content (AvgIpc) is 2.61. The zero-order valence-corrected chi connectivity index (χ0v) is 14.1. The van der Waals surface area contributed by atoms with Crippen molar-refractivity contribution in [3.8, 4) is 0 Å². The Morgan fingerprint density at radius 2 is 1.74 bits per heavy atom. The molecule has 0 radical (unpaired) electrons.